The van der Waals surface area contributed by atoms with Gasteiger partial charge in [0, 0.05) is 13.0 Å². The lowest BCUT2D eigenvalue weighted by Gasteiger charge is -2.23. The van der Waals surface area contributed by atoms with Crippen molar-refractivity contribution >= 4 is 5.97 Å². The van der Waals surface area contributed by atoms with Crippen LogP contribution in [0.25, 0.3) is 0 Å². The number of aliphatic carboxylic acids is 1. The zero-order chi connectivity index (χ0) is 9.07. The number of hydrogen-bond acceptors (Lipinski definition) is 3. The minimum atomic E-state index is -1.69. The van der Waals surface area contributed by atoms with Crippen LogP contribution < -0.4 is 0 Å². The molecular formula is C7H11NO3. The van der Waals surface area contributed by atoms with Gasteiger partial charge in [-0.25, -0.2) is 4.79 Å². The molecule has 1 N–H and O–H groups in total. The standard InChI is InChI=1S/C7H11NO3/c1-5(2)7(4-8,11-3)6(9)10/h5H,1-3H3,(H,9,10). The molecule has 0 fully saturated rings. The first-order valence-electron chi connectivity index (χ1n) is 3.21. The van der Waals surface area contributed by atoms with Gasteiger partial charge in [0.05, 0.1) is 0 Å². The zero-order valence-corrected chi connectivity index (χ0v) is 6.79. The number of hydrogen-bond donors (Lipinski definition) is 1. The fourth-order valence-electron chi connectivity index (χ4n) is 0.793. The normalized spacial score (nSPS) is 15.5. The monoisotopic (exact) mass is 157 g/mol. The van der Waals surface area contributed by atoms with Crippen LogP contribution in [0.1, 0.15) is 13.8 Å². The average molecular weight is 157 g/mol. The predicted molar refractivity (Wildman–Crippen MR) is 37.8 cm³/mol. The molecule has 62 valence electrons. The zero-order valence-electron chi connectivity index (χ0n) is 6.79. The molecule has 0 saturated heterocycles. The summed E-state index contributed by atoms with van der Waals surface area (Å²) in [6.07, 6.45) is 0. The van der Waals surface area contributed by atoms with Gasteiger partial charge >= 0.3 is 5.97 Å². The van der Waals surface area contributed by atoms with Crippen LogP contribution in [0.15, 0.2) is 0 Å². The van der Waals surface area contributed by atoms with Crippen LogP contribution in [-0.4, -0.2) is 23.8 Å². The molecule has 11 heavy (non-hydrogen) atoms. The molecule has 1 atom stereocenters. The maximum absolute atomic E-state index is 10.6. The number of ether oxygens (including phenoxy) is 1. The van der Waals surface area contributed by atoms with E-state index < -0.39 is 11.6 Å². The Morgan fingerprint density at radius 2 is 2.18 bits per heavy atom. The third-order valence-corrected chi connectivity index (χ3v) is 1.62. The van der Waals surface area contributed by atoms with Gasteiger partial charge in [-0.05, 0) is 0 Å². The van der Waals surface area contributed by atoms with Crippen molar-refractivity contribution in [1.29, 1.82) is 5.26 Å². The lowest BCUT2D eigenvalue weighted by Crippen LogP contribution is -2.44. The smallest absolute Gasteiger partial charge is 0.351 e. The maximum atomic E-state index is 10.6. The molecule has 1 unspecified atom stereocenters. The SMILES string of the molecule is COC(C#N)(C(=O)O)C(C)C. The van der Waals surface area contributed by atoms with Crippen LogP contribution >= 0.6 is 0 Å². The van der Waals surface area contributed by atoms with Crippen LogP contribution in [0.5, 0.6) is 0 Å². The van der Waals surface area contributed by atoms with Crippen molar-refractivity contribution in [1.82, 2.24) is 0 Å². The topological polar surface area (TPSA) is 70.3 Å². The number of nitrogens with zero attached hydrogens (tertiary/aromatic N) is 1. The highest BCUT2D eigenvalue weighted by atomic mass is 16.5. The minimum absolute atomic E-state index is 0.366. The van der Waals surface area contributed by atoms with Gasteiger partial charge in [-0.15, -0.1) is 0 Å². The van der Waals surface area contributed by atoms with E-state index >= 15 is 0 Å². The van der Waals surface area contributed by atoms with Gasteiger partial charge in [0.15, 0.2) is 0 Å². The molecule has 0 bridgehead atoms. The Hall–Kier alpha value is -1.08. The van der Waals surface area contributed by atoms with E-state index in [-0.39, 0.29) is 5.92 Å². The Bertz CT molecular complexity index is 194. The first kappa shape index (κ1) is 9.92. The highest BCUT2D eigenvalue weighted by Crippen LogP contribution is 2.20. The molecule has 0 radical (unpaired) electrons. The summed E-state index contributed by atoms with van der Waals surface area (Å²) >= 11 is 0. The molecule has 0 aliphatic heterocycles. The number of methoxy groups -OCH3 is 1. The summed E-state index contributed by atoms with van der Waals surface area (Å²) in [5, 5.41) is 17.2. The second-order valence-corrected chi connectivity index (χ2v) is 2.51. The highest BCUT2D eigenvalue weighted by molar-refractivity contribution is 5.81. The van der Waals surface area contributed by atoms with Gasteiger partial charge in [-0.2, -0.15) is 5.26 Å². The van der Waals surface area contributed by atoms with E-state index in [4.69, 9.17) is 10.4 Å². The Kier molecular flexibility index (Phi) is 3.02. The Morgan fingerprint density at radius 1 is 1.73 bits per heavy atom. The van der Waals surface area contributed by atoms with E-state index in [1.165, 1.54) is 7.11 Å². The van der Waals surface area contributed by atoms with E-state index in [2.05, 4.69) is 4.74 Å². The number of rotatable bonds is 3. The molecule has 0 spiro atoms. The summed E-state index contributed by atoms with van der Waals surface area (Å²) in [4.78, 5) is 10.6. The third-order valence-electron chi connectivity index (χ3n) is 1.62. The number of nitriles is 1. The van der Waals surface area contributed by atoms with Gasteiger partial charge in [0.25, 0.3) is 5.60 Å². The molecule has 0 aromatic heterocycles. The van der Waals surface area contributed by atoms with Gasteiger partial charge in [-0.3, -0.25) is 0 Å². The Morgan fingerprint density at radius 3 is 2.18 bits per heavy atom. The molecule has 0 rings (SSSR count). The Labute approximate surface area is 65.4 Å². The van der Waals surface area contributed by atoms with Gasteiger partial charge in [0.1, 0.15) is 6.07 Å². The lowest BCUT2D eigenvalue weighted by atomic mass is 9.92. The molecule has 0 aliphatic rings. The van der Waals surface area contributed by atoms with Crippen molar-refractivity contribution in [3.8, 4) is 6.07 Å². The molecule has 4 heteroatoms. The van der Waals surface area contributed by atoms with E-state index in [0.29, 0.717) is 0 Å². The van der Waals surface area contributed by atoms with Crippen molar-refractivity contribution in [3.05, 3.63) is 0 Å². The van der Waals surface area contributed by atoms with E-state index in [1.807, 2.05) is 0 Å². The van der Waals surface area contributed by atoms with Crippen molar-refractivity contribution < 1.29 is 14.6 Å². The fraction of sp³-hybridized carbons (Fsp3) is 0.714. The van der Waals surface area contributed by atoms with Crippen LogP contribution in [0.2, 0.25) is 0 Å². The molecule has 4 nitrogen and oxygen atoms in total. The summed E-state index contributed by atoms with van der Waals surface area (Å²) in [5.41, 5.74) is -1.69. The third kappa shape index (κ3) is 1.49. The van der Waals surface area contributed by atoms with Crippen LogP contribution in [0.4, 0.5) is 0 Å². The summed E-state index contributed by atoms with van der Waals surface area (Å²) in [6.45, 7) is 3.25. The molecular weight excluding hydrogens is 146 g/mol. The number of carboxylic acids is 1. The first-order chi connectivity index (χ1) is 5.01. The second kappa shape index (κ2) is 3.35. The second-order valence-electron chi connectivity index (χ2n) is 2.51. The van der Waals surface area contributed by atoms with E-state index in [1.54, 1.807) is 19.9 Å². The van der Waals surface area contributed by atoms with Gasteiger partial charge < -0.3 is 9.84 Å². The largest absolute Gasteiger partial charge is 0.478 e. The molecule has 0 aromatic rings. The van der Waals surface area contributed by atoms with Crippen molar-refractivity contribution in [2.75, 3.05) is 7.11 Å². The number of carbonyl (C=O) groups is 1. The first-order valence-corrected chi connectivity index (χ1v) is 3.21. The predicted octanol–water partition coefficient (Wildman–Crippen LogP) is 0.636. The van der Waals surface area contributed by atoms with Gasteiger partial charge in [0.2, 0.25) is 0 Å². The van der Waals surface area contributed by atoms with E-state index in [0.717, 1.165) is 0 Å². The van der Waals surface area contributed by atoms with Gasteiger partial charge in [-0.1, -0.05) is 13.8 Å². The summed E-state index contributed by atoms with van der Waals surface area (Å²) < 4.78 is 4.65. The molecule has 0 amide bonds. The fourth-order valence-corrected chi connectivity index (χ4v) is 0.793. The minimum Gasteiger partial charge on any atom is -0.478 e. The van der Waals surface area contributed by atoms with Crippen molar-refractivity contribution in [2.24, 2.45) is 5.92 Å². The number of carboxylic acid groups (broad SMARTS) is 1. The maximum Gasteiger partial charge on any atom is 0.351 e. The van der Waals surface area contributed by atoms with Crippen LogP contribution in [0, 0.1) is 17.2 Å². The van der Waals surface area contributed by atoms with Crippen molar-refractivity contribution in [2.45, 2.75) is 19.4 Å². The molecule has 0 aromatic carbocycles. The average Bonchev–Trinajstić information content (AvgIpc) is 1.90. The van der Waals surface area contributed by atoms with E-state index in [9.17, 15) is 4.79 Å². The summed E-state index contributed by atoms with van der Waals surface area (Å²) in [7, 11) is 1.22. The van der Waals surface area contributed by atoms with Crippen LogP contribution in [0.3, 0.4) is 0 Å². The summed E-state index contributed by atoms with van der Waals surface area (Å²) in [6, 6.07) is 1.64. The molecule has 0 aliphatic carbocycles. The molecule has 0 saturated carbocycles. The Balaban J connectivity index is 4.80. The van der Waals surface area contributed by atoms with Crippen molar-refractivity contribution in [3.63, 3.8) is 0 Å². The lowest BCUT2D eigenvalue weighted by molar-refractivity contribution is -0.159. The highest BCUT2D eigenvalue weighted by Gasteiger charge is 2.42. The quantitative estimate of drug-likeness (QED) is 0.652. The van der Waals surface area contributed by atoms with Crippen LogP contribution in [-0.2, 0) is 9.53 Å². The molecule has 0 heterocycles. The summed E-state index contributed by atoms with van der Waals surface area (Å²) in [5.74, 6) is -1.60.